The average Bonchev–Trinajstić information content (AvgIpc) is 2.92. The van der Waals surface area contributed by atoms with Crippen LogP contribution >= 0.6 is 0 Å². The monoisotopic (exact) mass is 247 g/mol. The van der Waals surface area contributed by atoms with Crippen molar-refractivity contribution in [2.24, 2.45) is 0 Å². The Kier molecular flexibility index (Phi) is 4.06. The lowest BCUT2D eigenvalue weighted by Gasteiger charge is -2.07. The van der Waals surface area contributed by atoms with Crippen LogP contribution in [0, 0.1) is 0 Å². The van der Waals surface area contributed by atoms with E-state index >= 15 is 0 Å². The largest absolute Gasteiger partial charge is 0.357 e. The smallest absolute Gasteiger partial charge is 0.257 e. The zero-order valence-corrected chi connectivity index (χ0v) is 10.6. The third-order valence-electron chi connectivity index (χ3n) is 2.37. The summed E-state index contributed by atoms with van der Waals surface area (Å²) < 4.78 is 1.60. The molecule has 0 spiro atoms. The van der Waals surface area contributed by atoms with Gasteiger partial charge in [0.05, 0.1) is 0 Å². The number of anilines is 2. The molecule has 0 radical (unpaired) electrons. The molecule has 7 nitrogen and oxygen atoms in total. The van der Waals surface area contributed by atoms with Crippen molar-refractivity contribution in [1.82, 2.24) is 24.7 Å². The van der Waals surface area contributed by atoms with Crippen LogP contribution in [0.1, 0.15) is 19.8 Å². The normalized spacial score (nSPS) is 10.3. The Morgan fingerprint density at radius 1 is 1.22 bits per heavy atom. The molecule has 2 N–H and O–H groups in total. The summed E-state index contributed by atoms with van der Waals surface area (Å²) in [7, 11) is 1.78. The van der Waals surface area contributed by atoms with Crippen molar-refractivity contribution in [3.8, 4) is 5.95 Å². The molecule has 0 saturated carbocycles. The highest BCUT2D eigenvalue weighted by atomic mass is 15.4. The average molecular weight is 247 g/mol. The fraction of sp³-hybridized carbons (Fsp3) is 0.455. The maximum atomic E-state index is 4.32. The van der Waals surface area contributed by atoms with Crippen molar-refractivity contribution in [2.75, 3.05) is 24.2 Å². The lowest BCUT2D eigenvalue weighted by Crippen LogP contribution is -2.12. The van der Waals surface area contributed by atoms with Gasteiger partial charge in [-0.3, -0.25) is 0 Å². The summed E-state index contributed by atoms with van der Waals surface area (Å²) in [5, 5.41) is 10.2. The SMILES string of the molecule is CCCCNc1nc(NC)nc(-n2cccn2)n1. The van der Waals surface area contributed by atoms with E-state index in [9.17, 15) is 0 Å². The van der Waals surface area contributed by atoms with Gasteiger partial charge in [-0.2, -0.15) is 20.1 Å². The lowest BCUT2D eigenvalue weighted by molar-refractivity contribution is 0.787. The van der Waals surface area contributed by atoms with E-state index in [1.165, 1.54) is 0 Å². The van der Waals surface area contributed by atoms with Crippen molar-refractivity contribution in [2.45, 2.75) is 19.8 Å². The minimum Gasteiger partial charge on any atom is -0.357 e. The summed E-state index contributed by atoms with van der Waals surface area (Å²) in [6, 6.07) is 1.83. The van der Waals surface area contributed by atoms with Crippen molar-refractivity contribution in [3.05, 3.63) is 18.5 Å². The molecule has 0 amide bonds. The maximum absolute atomic E-state index is 4.32. The molecular formula is C11H17N7. The van der Waals surface area contributed by atoms with Crippen LogP contribution in [0.3, 0.4) is 0 Å². The molecule has 2 aromatic heterocycles. The quantitative estimate of drug-likeness (QED) is 0.749. The van der Waals surface area contributed by atoms with Crippen LogP contribution in [0.2, 0.25) is 0 Å². The first-order valence-electron chi connectivity index (χ1n) is 6.01. The van der Waals surface area contributed by atoms with Crippen LogP contribution in [0.4, 0.5) is 11.9 Å². The number of nitrogens with zero attached hydrogens (tertiary/aromatic N) is 5. The molecule has 0 aliphatic rings. The molecular weight excluding hydrogens is 230 g/mol. The molecule has 7 heteroatoms. The number of unbranched alkanes of at least 4 members (excludes halogenated alkanes) is 1. The highest BCUT2D eigenvalue weighted by Crippen LogP contribution is 2.08. The minimum atomic E-state index is 0.498. The van der Waals surface area contributed by atoms with E-state index in [4.69, 9.17) is 0 Å². The first-order chi connectivity index (χ1) is 8.83. The Labute approximate surface area is 106 Å². The molecule has 0 unspecified atom stereocenters. The molecule has 96 valence electrons. The van der Waals surface area contributed by atoms with Gasteiger partial charge in [-0.15, -0.1) is 0 Å². The van der Waals surface area contributed by atoms with E-state index < -0.39 is 0 Å². The van der Waals surface area contributed by atoms with Gasteiger partial charge in [0, 0.05) is 26.0 Å². The molecule has 0 aromatic carbocycles. The highest BCUT2D eigenvalue weighted by Gasteiger charge is 2.06. The van der Waals surface area contributed by atoms with Gasteiger partial charge in [0.1, 0.15) is 0 Å². The Bertz CT molecular complexity index is 480. The van der Waals surface area contributed by atoms with Gasteiger partial charge in [-0.1, -0.05) is 13.3 Å². The Morgan fingerprint density at radius 3 is 2.72 bits per heavy atom. The van der Waals surface area contributed by atoms with Gasteiger partial charge >= 0.3 is 0 Å². The van der Waals surface area contributed by atoms with Gasteiger partial charge in [0.2, 0.25) is 11.9 Å². The molecule has 2 heterocycles. The summed E-state index contributed by atoms with van der Waals surface area (Å²) >= 11 is 0. The molecule has 0 fully saturated rings. The number of hydrogen-bond donors (Lipinski definition) is 2. The standard InChI is InChI=1S/C11H17N7/c1-3-4-6-13-10-15-9(12-2)16-11(17-10)18-8-5-7-14-18/h5,7-8H,3-4,6H2,1-2H3,(H2,12,13,15,16,17). The molecule has 2 aromatic rings. The van der Waals surface area contributed by atoms with Gasteiger partial charge in [-0.25, -0.2) is 4.68 Å². The van der Waals surface area contributed by atoms with Crippen molar-refractivity contribution in [3.63, 3.8) is 0 Å². The van der Waals surface area contributed by atoms with Crippen LogP contribution in [0.25, 0.3) is 5.95 Å². The summed E-state index contributed by atoms with van der Waals surface area (Å²) in [6.07, 6.45) is 5.69. The van der Waals surface area contributed by atoms with Crippen LogP contribution in [-0.4, -0.2) is 38.3 Å². The summed E-state index contributed by atoms with van der Waals surface area (Å²) in [4.78, 5) is 12.8. The molecule has 2 rings (SSSR count). The number of rotatable bonds is 6. The molecule has 0 atom stereocenters. The molecule has 0 saturated heterocycles. The number of aromatic nitrogens is 5. The second-order valence-electron chi connectivity index (χ2n) is 3.76. The predicted octanol–water partition coefficient (Wildman–Crippen LogP) is 1.31. The zero-order valence-electron chi connectivity index (χ0n) is 10.6. The molecule has 18 heavy (non-hydrogen) atoms. The fourth-order valence-electron chi connectivity index (χ4n) is 1.42. The van der Waals surface area contributed by atoms with E-state index in [-0.39, 0.29) is 0 Å². The fourth-order valence-corrected chi connectivity index (χ4v) is 1.42. The Hall–Kier alpha value is -2.18. The highest BCUT2D eigenvalue weighted by molar-refractivity contribution is 5.37. The third-order valence-corrected chi connectivity index (χ3v) is 2.37. The van der Waals surface area contributed by atoms with Crippen molar-refractivity contribution < 1.29 is 0 Å². The van der Waals surface area contributed by atoms with E-state index in [1.807, 2.05) is 6.07 Å². The summed E-state index contributed by atoms with van der Waals surface area (Å²) in [6.45, 7) is 2.99. The number of nitrogens with one attached hydrogen (secondary N) is 2. The van der Waals surface area contributed by atoms with E-state index in [2.05, 4.69) is 37.6 Å². The zero-order chi connectivity index (χ0) is 12.8. The van der Waals surface area contributed by atoms with Gasteiger partial charge < -0.3 is 10.6 Å². The Morgan fingerprint density at radius 2 is 2.06 bits per heavy atom. The first kappa shape index (κ1) is 12.3. The van der Waals surface area contributed by atoms with Crippen molar-refractivity contribution in [1.29, 1.82) is 0 Å². The summed E-state index contributed by atoms with van der Waals surface area (Å²) in [5.74, 6) is 1.58. The van der Waals surface area contributed by atoms with Crippen LogP contribution in [0.15, 0.2) is 18.5 Å². The van der Waals surface area contributed by atoms with Crippen molar-refractivity contribution >= 4 is 11.9 Å². The lowest BCUT2D eigenvalue weighted by atomic mass is 10.3. The van der Waals surface area contributed by atoms with Gasteiger partial charge in [0.25, 0.3) is 5.95 Å². The molecule has 0 aliphatic carbocycles. The van der Waals surface area contributed by atoms with Gasteiger partial charge in [0.15, 0.2) is 0 Å². The van der Waals surface area contributed by atoms with Gasteiger partial charge in [-0.05, 0) is 12.5 Å². The van der Waals surface area contributed by atoms with E-state index in [1.54, 1.807) is 24.1 Å². The van der Waals surface area contributed by atoms with E-state index in [0.717, 1.165) is 19.4 Å². The van der Waals surface area contributed by atoms with Crippen LogP contribution in [0.5, 0.6) is 0 Å². The minimum absolute atomic E-state index is 0.498. The van der Waals surface area contributed by atoms with E-state index in [0.29, 0.717) is 17.8 Å². The predicted molar refractivity (Wildman–Crippen MR) is 69.9 cm³/mol. The van der Waals surface area contributed by atoms with Crippen LogP contribution < -0.4 is 10.6 Å². The third kappa shape index (κ3) is 2.93. The molecule has 0 aliphatic heterocycles. The summed E-state index contributed by atoms with van der Waals surface area (Å²) in [5.41, 5.74) is 0. The van der Waals surface area contributed by atoms with Crippen LogP contribution in [-0.2, 0) is 0 Å². The number of hydrogen-bond acceptors (Lipinski definition) is 6. The second-order valence-corrected chi connectivity index (χ2v) is 3.76. The molecule has 0 bridgehead atoms. The topological polar surface area (TPSA) is 80.5 Å². The Balaban J connectivity index is 2.22. The second kappa shape index (κ2) is 5.95. The first-order valence-corrected chi connectivity index (χ1v) is 6.01. The maximum Gasteiger partial charge on any atom is 0.257 e.